The number of piperazine rings is 1. The molecule has 3 aromatic rings. The Morgan fingerprint density at radius 1 is 0.971 bits per heavy atom. The van der Waals surface area contributed by atoms with Gasteiger partial charge in [0.1, 0.15) is 5.82 Å². The lowest BCUT2D eigenvalue weighted by Crippen LogP contribution is -2.50. The van der Waals surface area contributed by atoms with E-state index in [0.29, 0.717) is 22.9 Å². The number of carbonyl (C=O) groups excluding carboxylic acids is 1. The van der Waals surface area contributed by atoms with E-state index in [1.807, 2.05) is 30.3 Å². The molecule has 0 spiro atoms. The summed E-state index contributed by atoms with van der Waals surface area (Å²) in [5.41, 5.74) is 2.58. The highest BCUT2D eigenvalue weighted by atomic mass is 35.5. The third-order valence-electron chi connectivity index (χ3n) is 6.27. The fourth-order valence-electron chi connectivity index (χ4n) is 4.44. The first-order valence-corrected chi connectivity index (χ1v) is 11.6. The van der Waals surface area contributed by atoms with Gasteiger partial charge in [-0.15, -0.1) is 0 Å². The molecule has 0 aromatic heterocycles. The molecular weight excluding hydrogens is 457 g/mol. The van der Waals surface area contributed by atoms with Gasteiger partial charge in [0.2, 0.25) is 6.79 Å². The maximum Gasteiger partial charge on any atom is 0.251 e. The molecule has 3 aromatic carbocycles. The Balaban J connectivity index is 1.32. The Labute approximate surface area is 202 Å². The van der Waals surface area contributed by atoms with E-state index in [1.165, 1.54) is 12.1 Å². The summed E-state index contributed by atoms with van der Waals surface area (Å²) in [4.78, 5) is 17.4. The summed E-state index contributed by atoms with van der Waals surface area (Å²) in [7, 11) is 0. The van der Waals surface area contributed by atoms with Crippen molar-refractivity contribution in [1.82, 2.24) is 10.2 Å². The molecule has 1 fully saturated rings. The fourth-order valence-corrected chi connectivity index (χ4v) is 4.63. The normalized spacial score (nSPS) is 16.4. The van der Waals surface area contributed by atoms with E-state index < -0.39 is 0 Å². The number of halogens is 2. The van der Waals surface area contributed by atoms with Crippen molar-refractivity contribution in [2.75, 3.05) is 44.4 Å². The van der Waals surface area contributed by atoms with E-state index in [2.05, 4.69) is 15.1 Å². The predicted octanol–water partition coefficient (Wildman–Crippen LogP) is 4.50. The van der Waals surface area contributed by atoms with Crippen LogP contribution in [0.2, 0.25) is 5.02 Å². The van der Waals surface area contributed by atoms with Gasteiger partial charge in [0.15, 0.2) is 11.5 Å². The van der Waals surface area contributed by atoms with Crippen LogP contribution in [0.15, 0.2) is 66.7 Å². The molecular formula is C26H25ClFN3O3. The topological polar surface area (TPSA) is 54.0 Å². The molecule has 34 heavy (non-hydrogen) atoms. The first kappa shape index (κ1) is 22.5. The van der Waals surface area contributed by atoms with Crippen LogP contribution < -0.4 is 19.7 Å². The van der Waals surface area contributed by atoms with Crippen LogP contribution in [0.5, 0.6) is 11.5 Å². The minimum absolute atomic E-state index is 0.0481. The molecule has 0 aliphatic carbocycles. The van der Waals surface area contributed by atoms with Gasteiger partial charge in [-0.3, -0.25) is 9.69 Å². The molecule has 0 radical (unpaired) electrons. The molecule has 1 saturated heterocycles. The molecule has 2 heterocycles. The third kappa shape index (κ3) is 4.95. The molecule has 1 N–H and O–H groups in total. The lowest BCUT2D eigenvalue weighted by atomic mass is 10.0. The summed E-state index contributed by atoms with van der Waals surface area (Å²) >= 11 is 6.06. The second kappa shape index (κ2) is 9.91. The summed E-state index contributed by atoms with van der Waals surface area (Å²) in [6.07, 6.45) is 0. The SMILES string of the molecule is O=C(NCC(c1ccc2c(c1)OCO2)N1CCN(c2ccc(F)cc2)CC1)c1cccc(Cl)c1. The Kier molecular flexibility index (Phi) is 6.56. The number of anilines is 1. The van der Waals surface area contributed by atoms with Crippen LogP contribution in [0, 0.1) is 5.82 Å². The quantitative estimate of drug-likeness (QED) is 0.562. The minimum atomic E-state index is -0.235. The van der Waals surface area contributed by atoms with Gasteiger partial charge in [-0.05, 0) is 60.2 Å². The van der Waals surface area contributed by atoms with Crippen molar-refractivity contribution >= 4 is 23.2 Å². The number of hydrogen-bond donors (Lipinski definition) is 1. The standard InChI is InChI=1S/C26H25ClFN3O3/c27-20-3-1-2-19(14-20)26(32)29-16-23(18-4-9-24-25(15-18)34-17-33-24)31-12-10-30(11-13-31)22-7-5-21(28)6-8-22/h1-9,14-15,23H,10-13,16-17H2,(H,29,32). The molecule has 5 rings (SSSR count). The Morgan fingerprint density at radius 2 is 1.74 bits per heavy atom. The van der Waals surface area contributed by atoms with E-state index in [4.69, 9.17) is 21.1 Å². The molecule has 2 aliphatic rings. The largest absolute Gasteiger partial charge is 0.454 e. The zero-order valence-corrected chi connectivity index (χ0v) is 19.3. The Morgan fingerprint density at radius 3 is 2.50 bits per heavy atom. The van der Waals surface area contributed by atoms with Crippen molar-refractivity contribution in [1.29, 1.82) is 0 Å². The molecule has 8 heteroatoms. The van der Waals surface area contributed by atoms with E-state index in [-0.39, 0.29) is 24.6 Å². The summed E-state index contributed by atoms with van der Waals surface area (Å²) in [6, 6.07) is 19.4. The summed E-state index contributed by atoms with van der Waals surface area (Å²) in [5, 5.41) is 3.60. The van der Waals surface area contributed by atoms with E-state index in [1.54, 1.807) is 24.3 Å². The second-order valence-corrected chi connectivity index (χ2v) is 8.78. The van der Waals surface area contributed by atoms with Gasteiger partial charge in [0.05, 0.1) is 6.04 Å². The molecule has 1 amide bonds. The Hall–Kier alpha value is -3.29. The number of ether oxygens (including phenoxy) is 2. The lowest BCUT2D eigenvalue weighted by molar-refractivity contribution is 0.0930. The summed E-state index contributed by atoms with van der Waals surface area (Å²) < 4.78 is 24.4. The summed E-state index contributed by atoms with van der Waals surface area (Å²) in [6.45, 7) is 3.84. The maximum absolute atomic E-state index is 13.3. The number of fused-ring (bicyclic) bond motifs is 1. The van der Waals surface area contributed by atoms with Crippen LogP contribution in [0.4, 0.5) is 10.1 Å². The predicted molar refractivity (Wildman–Crippen MR) is 129 cm³/mol. The summed E-state index contributed by atoms with van der Waals surface area (Å²) in [5.74, 6) is 1.04. The monoisotopic (exact) mass is 481 g/mol. The van der Waals surface area contributed by atoms with Crippen molar-refractivity contribution in [3.8, 4) is 11.5 Å². The number of nitrogens with one attached hydrogen (secondary N) is 1. The number of carbonyl (C=O) groups is 1. The van der Waals surface area contributed by atoms with E-state index >= 15 is 0 Å². The van der Waals surface area contributed by atoms with Crippen LogP contribution in [0.25, 0.3) is 0 Å². The molecule has 2 aliphatic heterocycles. The zero-order chi connectivity index (χ0) is 23.5. The van der Waals surface area contributed by atoms with Gasteiger partial charge in [-0.25, -0.2) is 4.39 Å². The van der Waals surface area contributed by atoms with Crippen LogP contribution in [0.1, 0.15) is 22.0 Å². The van der Waals surface area contributed by atoms with Gasteiger partial charge < -0.3 is 19.7 Å². The first-order valence-electron chi connectivity index (χ1n) is 11.2. The van der Waals surface area contributed by atoms with Crippen molar-refractivity contribution in [3.05, 3.63) is 88.7 Å². The van der Waals surface area contributed by atoms with Crippen molar-refractivity contribution in [2.45, 2.75) is 6.04 Å². The van der Waals surface area contributed by atoms with Crippen LogP contribution in [-0.2, 0) is 0 Å². The molecule has 1 unspecified atom stereocenters. The number of benzene rings is 3. The average Bonchev–Trinajstić information content (AvgIpc) is 3.33. The zero-order valence-electron chi connectivity index (χ0n) is 18.5. The van der Waals surface area contributed by atoms with Crippen molar-refractivity contribution in [2.24, 2.45) is 0 Å². The number of nitrogens with zero attached hydrogens (tertiary/aromatic N) is 2. The highest BCUT2D eigenvalue weighted by Crippen LogP contribution is 2.36. The highest BCUT2D eigenvalue weighted by molar-refractivity contribution is 6.30. The van der Waals surface area contributed by atoms with E-state index in [9.17, 15) is 9.18 Å². The van der Waals surface area contributed by atoms with Crippen molar-refractivity contribution < 1.29 is 18.7 Å². The van der Waals surface area contributed by atoms with E-state index in [0.717, 1.165) is 43.2 Å². The molecule has 0 bridgehead atoms. The second-order valence-electron chi connectivity index (χ2n) is 8.35. The molecule has 0 saturated carbocycles. The molecule has 6 nitrogen and oxygen atoms in total. The molecule has 176 valence electrons. The highest BCUT2D eigenvalue weighted by Gasteiger charge is 2.27. The first-order chi connectivity index (χ1) is 16.6. The van der Waals surface area contributed by atoms with Crippen LogP contribution in [0.3, 0.4) is 0 Å². The van der Waals surface area contributed by atoms with Crippen LogP contribution in [-0.4, -0.2) is 50.3 Å². The fraction of sp³-hybridized carbons (Fsp3) is 0.269. The lowest BCUT2D eigenvalue weighted by Gasteiger charge is -2.40. The smallest absolute Gasteiger partial charge is 0.251 e. The van der Waals surface area contributed by atoms with Crippen molar-refractivity contribution in [3.63, 3.8) is 0 Å². The number of hydrogen-bond acceptors (Lipinski definition) is 5. The minimum Gasteiger partial charge on any atom is -0.454 e. The average molecular weight is 482 g/mol. The third-order valence-corrected chi connectivity index (χ3v) is 6.51. The van der Waals surface area contributed by atoms with Gasteiger partial charge in [0.25, 0.3) is 5.91 Å². The van der Waals surface area contributed by atoms with Gasteiger partial charge in [-0.1, -0.05) is 23.7 Å². The van der Waals surface area contributed by atoms with Gasteiger partial charge >= 0.3 is 0 Å². The Bertz CT molecular complexity index is 1170. The maximum atomic E-state index is 13.3. The molecule has 1 atom stereocenters. The number of rotatable bonds is 6. The van der Waals surface area contributed by atoms with Gasteiger partial charge in [-0.2, -0.15) is 0 Å². The number of amides is 1. The van der Waals surface area contributed by atoms with Crippen LogP contribution >= 0.6 is 11.6 Å². The van der Waals surface area contributed by atoms with Gasteiger partial charge in [0, 0.05) is 49.0 Å².